The van der Waals surface area contributed by atoms with Gasteiger partial charge >= 0.3 is 0 Å². The van der Waals surface area contributed by atoms with Crippen molar-refractivity contribution in [3.8, 4) is 0 Å². The molecule has 3 nitrogen and oxygen atoms in total. The Morgan fingerprint density at radius 3 is 2.09 bits per heavy atom. The molecule has 0 radical (unpaired) electrons. The second-order valence-electron chi connectivity index (χ2n) is 2.19. The highest BCUT2D eigenvalue weighted by molar-refractivity contribution is 6.63. The lowest BCUT2D eigenvalue weighted by molar-refractivity contribution is -0.135. The van der Waals surface area contributed by atoms with E-state index in [-0.39, 0.29) is 12.8 Å². The van der Waals surface area contributed by atoms with Crippen LogP contribution in [0.3, 0.4) is 0 Å². The number of rotatable bonds is 5. The van der Waals surface area contributed by atoms with Gasteiger partial charge in [0.15, 0.2) is 11.6 Å². The number of carbonyl (C=O) groups is 3. The van der Waals surface area contributed by atoms with E-state index in [1.54, 1.807) is 0 Å². The average molecular weight is 177 g/mol. The molecule has 0 amide bonds. The Morgan fingerprint density at radius 1 is 1.18 bits per heavy atom. The summed E-state index contributed by atoms with van der Waals surface area (Å²) in [6.45, 7) is 1.21. The number of halogens is 1. The highest BCUT2D eigenvalue weighted by Crippen LogP contribution is 2.00. The summed E-state index contributed by atoms with van der Waals surface area (Å²) in [4.78, 5) is 31.1. The quantitative estimate of drug-likeness (QED) is 0.465. The van der Waals surface area contributed by atoms with Gasteiger partial charge in [0.05, 0.1) is 0 Å². The SMILES string of the molecule is CC(=O)C(=O)CCCC(=O)Cl. The van der Waals surface area contributed by atoms with E-state index in [9.17, 15) is 14.4 Å². The van der Waals surface area contributed by atoms with Crippen LogP contribution in [-0.2, 0) is 14.4 Å². The van der Waals surface area contributed by atoms with Gasteiger partial charge in [0.25, 0.3) is 0 Å². The van der Waals surface area contributed by atoms with Gasteiger partial charge in [-0.3, -0.25) is 14.4 Å². The summed E-state index contributed by atoms with van der Waals surface area (Å²) >= 11 is 5.01. The Labute approximate surface area is 69.7 Å². The smallest absolute Gasteiger partial charge is 0.221 e. The molecule has 0 aliphatic heterocycles. The van der Waals surface area contributed by atoms with E-state index in [0.29, 0.717) is 6.42 Å². The highest BCUT2D eigenvalue weighted by atomic mass is 35.5. The van der Waals surface area contributed by atoms with Crippen molar-refractivity contribution in [2.75, 3.05) is 0 Å². The molecule has 0 spiro atoms. The zero-order valence-corrected chi connectivity index (χ0v) is 6.98. The fourth-order valence-electron chi connectivity index (χ4n) is 0.564. The van der Waals surface area contributed by atoms with Crippen LogP contribution in [-0.4, -0.2) is 16.8 Å². The van der Waals surface area contributed by atoms with Crippen molar-refractivity contribution in [3.05, 3.63) is 0 Å². The van der Waals surface area contributed by atoms with Crippen LogP contribution in [0, 0.1) is 0 Å². The van der Waals surface area contributed by atoms with Crippen molar-refractivity contribution in [3.63, 3.8) is 0 Å². The lowest BCUT2D eigenvalue weighted by Gasteiger charge is -1.92. The van der Waals surface area contributed by atoms with Crippen molar-refractivity contribution < 1.29 is 14.4 Å². The predicted molar refractivity (Wildman–Crippen MR) is 40.4 cm³/mol. The minimum Gasteiger partial charge on any atom is -0.291 e. The molecule has 0 aromatic rings. The van der Waals surface area contributed by atoms with Crippen molar-refractivity contribution in [1.29, 1.82) is 0 Å². The molecule has 0 saturated heterocycles. The number of carbonyl (C=O) groups excluding carboxylic acids is 3. The van der Waals surface area contributed by atoms with Crippen LogP contribution in [0.15, 0.2) is 0 Å². The maximum absolute atomic E-state index is 10.6. The van der Waals surface area contributed by atoms with E-state index >= 15 is 0 Å². The van der Waals surface area contributed by atoms with Gasteiger partial charge < -0.3 is 0 Å². The van der Waals surface area contributed by atoms with E-state index in [4.69, 9.17) is 11.6 Å². The first kappa shape index (κ1) is 10.3. The lowest BCUT2D eigenvalue weighted by atomic mass is 10.1. The summed E-state index contributed by atoms with van der Waals surface area (Å²) in [5.74, 6) is -0.907. The Kier molecular flexibility index (Phi) is 4.70. The van der Waals surface area contributed by atoms with Gasteiger partial charge in [-0.15, -0.1) is 0 Å². The summed E-state index contributed by atoms with van der Waals surface area (Å²) in [5.41, 5.74) is 0. The zero-order chi connectivity index (χ0) is 8.85. The Balaban J connectivity index is 3.47. The molecular weight excluding hydrogens is 168 g/mol. The summed E-state index contributed by atoms with van der Waals surface area (Å²) < 4.78 is 0. The van der Waals surface area contributed by atoms with Gasteiger partial charge in [0, 0.05) is 19.8 Å². The molecule has 0 fully saturated rings. The first-order valence-electron chi connectivity index (χ1n) is 3.26. The third kappa shape index (κ3) is 5.73. The molecule has 0 rings (SSSR count). The molecule has 62 valence electrons. The van der Waals surface area contributed by atoms with Crippen molar-refractivity contribution in [2.45, 2.75) is 26.2 Å². The fourth-order valence-corrected chi connectivity index (χ4v) is 0.698. The maximum Gasteiger partial charge on any atom is 0.221 e. The molecule has 0 unspecified atom stereocenters. The molecule has 0 aromatic carbocycles. The molecule has 0 aliphatic rings. The molecular formula is C7H9ClO3. The van der Waals surface area contributed by atoms with E-state index in [2.05, 4.69) is 0 Å². The van der Waals surface area contributed by atoms with E-state index in [1.807, 2.05) is 0 Å². The van der Waals surface area contributed by atoms with Gasteiger partial charge in [-0.2, -0.15) is 0 Å². The normalized spacial score (nSPS) is 9.27. The van der Waals surface area contributed by atoms with Crippen molar-refractivity contribution in [1.82, 2.24) is 0 Å². The minimum absolute atomic E-state index is 0.119. The maximum atomic E-state index is 10.6. The molecule has 11 heavy (non-hydrogen) atoms. The van der Waals surface area contributed by atoms with E-state index < -0.39 is 16.8 Å². The van der Waals surface area contributed by atoms with Gasteiger partial charge in [0.1, 0.15) is 0 Å². The predicted octanol–water partition coefficient (Wildman–Crippen LogP) is 1.08. The zero-order valence-electron chi connectivity index (χ0n) is 6.22. The number of Topliss-reactive ketones (excluding diaryl/α,β-unsaturated/α-hetero) is 2. The van der Waals surface area contributed by atoms with Crippen molar-refractivity contribution in [2.24, 2.45) is 0 Å². The Hall–Kier alpha value is -0.700. The van der Waals surface area contributed by atoms with Crippen LogP contribution < -0.4 is 0 Å². The average Bonchev–Trinajstić information content (AvgIpc) is 1.86. The minimum atomic E-state index is -0.471. The lowest BCUT2D eigenvalue weighted by Crippen LogP contribution is -2.08. The standard InChI is InChI=1S/C7H9ClO3/c1-5(9)6(10)3-2-4-7(8)11/h2-4H2,1H3. The molecule has 0 aromatic heterocycles. The Bertz CT molecular complexity index is 186. The summed E-state index contributed by atoms with van der Waals surface area (Å²) in [7, 11) is 0. The van der Waals surface area contributed by atoms with Crippen LogP contribution in [0.25, 0.3) is 0 Å². The van der Waals surface area contributed by atoms with Gasteiger partial charge in [-0.25, -0.2) is 0 Å². The first-order chi connectivity index (χ1) is 5.04. The third-order valence-electron chi connectivity index (χ3n) is 1.17. The fraction of sp³-hybridized carbons (Fsp3) is 0.571. The van der Waals surface area contributed by atoms with E-state index in [1.165, 1.54) is 6.92 Å². The number of hydrogen-bond acceptors (Lipinski definition) is 3. The largest absolute Gasteiger partial charge is 0.291 e. The van der Waals surface area contributed by atoms with E-state index in [0.717, 1.165) is 0 Å². The second-order valence-corrected chi connectivity index (χ2v) is 2.61. The van der Waals surface area contributed by atoms with Crippen LogP contribution >= 0.6 is 11.6 Å². The molecule has 0 N–H and O–H groups in total. The van der Waals surface area contributed by atoms with Crippen LogP contribution in [0.2, 0.25) is 0 Å². The van der Waals surface area contributed by atoms with Crippen LogP contribution in [0.5, 0.6) is 0 Å². The van der Waals surface area contributed by atoms with Crippen LogP contribution in [0.1, 0.15) is 26.2 Å². The molecule has 0 saturated carbocycles. The highest BCUT2D eigenvalue weighted by Gasteiger charge is 2.07. The van der Waals surface area contributed by atoms with Crippen LogP contribution in [0.4, 0.5) is 0 Å². The summed E-state index contributed by atoms with van der Waals surface area (Å²) in [6.07, 6.45) is 0.634. The number of hydrogen-bond donors (Lipinski definition) is 0. The molecule has 0 bridgehead atoms. The monoisotopic (exact) mass is 176 g/mol. The van der Waals surface area contributed by atoms with Gasteiger partial charge in [-0.05, 0) is 18.0 Å². The molecule has 0 aliphatic carbocycles. The number of ketones is 2. The molecule has 0 atom stereocenters. The van der Waals surface area contributed by atoms with Gasteiger partial charge in [0.2, 0.25) is 5.24 Å². The summed E-state index contributed by atoms with van der Waals surface area (Å²) in [5, 5.41) is -0.471. The second kappa shape index (κ2) is 5.02. The van der Waals surface area contributed by atoms with Crippen molar-refractivity contribution >= 4 is 28.4 Å². The molecule has 4 heteroatoms. The Morgan fingerprint density at radius 2 is 1.73 bits per heavy atom. The third-order valence-corrected chi connectivity index (χ3v) is 1.36. The summed E-state index contributed by atoms with van der Waals surface area (Å²) in [6, 6.07) is 0. The topological polar surface area (TPSA) is 51.2 Å². The van der Waals surface area contributed by atoms with Gasteiger partial charge in [-0.1, -0.05) is 0 Å². The molecule has 0 heterocycles. The first-order valence-corrected chi connectivity index (χ1v) is 3.64.